The first-order valence-corrected chi connectivity index (χ1v) is 6.88. The van der Waals surface area contributed by atoms with E-state index in [2.05, 4.69) is 38.4 Å². The highest BCUT2D eigenvalue weighted by Crippen LogP contribution is 2.33. The van der Waals surface area contributed by atoms with Crippen molar-refractivity contribution in [2.75, 3.05) is 0 Å². The van der Waals surface area contributed by atoms with Crippen LogP contribution in [0.1, 0.15) is 19.0 Å². The predicted molar refractivity (Wildman–Crippen MR) is 78.9 cm³/mol. The van der Waals surface area contributed by atoms with Crippen LogP contribution in [0.5, 0.6) is 0 Å². The molecule has 4 rings (SSSR count). The summed E-state index contributed by atoms with van der Waals surface area (Å²) in [6.45, 7) is 2.19. The molecule has 0 radical (unpaired) electrons. The van der Waals surface area contributed by atoms with Crippen LogP contribution in [-0.4, -0.2) is 19.4 Å². The number of benzene rings is 1. The Hall–Kier alpha value is -2.49. The summed E-state index contributed by atoms with van der Waals surface area (Å²) in [5, 5.41) is 1.18. The quantitative estimate of drug-likeness (QED) is 0.556. The third-order valence-corrected chi connectivity index (χ3v) is 3.65. The van der Waals surface area contributed by atoms with E-state index in [0.29, 0.717) is 0 Å². The van der Waals surface area contributed by atoms with Crippen LogP contribution in [0.15, 0.2) is 42.9 Å². The molecule has 98 valence electrons. The summed E-state index contributed by atoms with van der Waals surface area (Å²) in [5.74, 6) is 0.822. The molecule has 0 saturated heterocycles. The normalized spacial score (nSPS) is 11.7. The Labute approximate surface area is 116 Å². The zero-order valence-electron chi connectivity index (χ0n) is 11.2. The number of fused-ring (bicyclic) bond motifs is 4. The minimum atomic E-state index is 0.822. The summed E-state index contributed by atoms with van der Waals surface area (Å²) in [4.78, 5) is 13.5. The van der Waals surface area contributed by atoms with Crippen LogP contribution in [-0.2, 0) is 6.42 Å². The number of para-hydroxylation sites is 1. The van der Waals surface area contributed by atoms with Crippen molar-refractivity contribution < 1.29 is 0 Å². The van der Waals surface area contributed by atoms with Crippen molar-refractivity contribution in [3.8, 4) is 11.4 Å². The maximum Gasteiger partial charge on any atom is 0.164 e. The van der Waals surface area contributed by atoms with Crippen LogP contribution < -0.4 is 0 Å². The highest BCUT2D eigenvalue weighted by molar-refractivity contribution is 5.97. The zero-order chi connectivity index (χ0) is 13.5. The third-order valence-electron chi connectivity index (χ3n) is 3.65. The van der Waals surface area contributed by atoms with E-state index >= 15 is 0 Å². The maximum atomic E-state index is 4.66. The van der Waals surface area contributed by atoms with Crippen LogP contribution in [0.25, 0.3) is 27.9 Å². The zero-order valence-corrected chi connectivity index (χ0v) is 11.2. The molecule has 0 N–H and O–H groups in total. The number of hydrogen-bond acceptors (Lipinski definition) is 3. The molecular formula is C16H14N4. The highest BCUT2D eigenvalue weighted by atomic mass is 15.0. The molecule has 3 heterocycles. The van der Waals surface area contributed by atoms with Gasteiger partial charge in [0, 0.05) is 29.0 Å². The molecule has 0 fully saturated rings. The smallest absolute Gasteiger partial charge is 0.164 e. The lowest BCUT2D eigenvalue weighted by molar-refractivity contribution is 0.847. The van der Waals surface area contributed by atoms with Gasteiger partial charge in [0.15, 0.2) is 11.5 Å². The van der Waals surface area contributed by atoms with Crippen molar-refractivity contribution in [1.82, 2.24) is 19.4 Å². The lowest BCUT2D eigenvalue weighted by Crippen LogP contribution is -2.05. The first kappa shape index (κ1) is 11.3. The second-order valence-electron chi connectivity index (χ2n) is 4.94. The molecule has 0 aliphatic carbocycles. The van der Waals surface area contributed by atoms with Crippen molar-refractivity contribution in [1.29, 1.82) is 0 Å². The monoisotopic (exact) mass is 262 g/mol. The second kappa shape index (κ2) is 4.27. The van der Waals surface area contributed by atoms with E-state index in [4.69, 9.17) is 0 Å². The van der Waals surface area contributed by atoms with Crippen LogP contribution in [0.3, 0.4) is 0 Å². The van der Waals surface area contributed by atoms with Gasteiger partial charge in [0.05, 0.1) is 11.7 Å². The Morgan fingerprint density at radius 2 is 2.05 bits per heavy atom. The summed E-state index contributed by atoms with van der Waals surface area (Å²) in [7, 11) is 0. The SMILES string of the molecule is CCCc1c2c3ccccc3nc-2nc2cnccn12. The molecule has 2 aliphatic rings. The van der Waals surface area contributed by atoms with E-state index in [-0.39, 0.29) is 0 Å². The van der Waals surface area contributed by atoms with Gasteiger partial charge in [-0.15, -0.1) is 0 Å². The summed E-state index contributed by atoms with van der Waals surface area (Å²) < 4.78 is 2.13. The van der Waals surface area contributed by atoms with Crippen molar-refractivity contribution in [2.45, 2.75) is 19.8 Å². The third kappa shape index (κ3) is 1.51. The molecule has 2 aromatic rings. The molecular weight excluding hydrogens is 248 g/mol. The Balaban J connectivity index is 2.23. The predicted octanol–water partition coefficient (Wildman–Crippen LogP) is 3.33. The van der Waals surface area contributed by atoms with Crippen molar-refractivity contribution in [3.63, 3.8) is 0 Å². The van der Waals surface area contributed by atoms with Crippen molar-refractivity contribution in [3.05, 3.63) is 48.5 Å². The Bertz CT molecular complexity index is 878. The van der Waals surface area contributed by atoms with Gasteiger partial charge < -0.3 is 4.40 Å². The van der Waals surface area contributed by atoms with Gasteiger partial charge in [-0.25, -0.2) is 9.97 Å². The van der Waals surface area contributed by atoms with Crippen LogP contribution >= 0.6 is 0 Å². The van der Waals surface area contributed by atoms with Crippen LogP contribution in [0, 0.1) is 0 Å². The lowest BCUT2D eigenvalue weighted by atomic mass is 10.1. The summed E-state index contributed by atoms with van der Waals surface area (Å²) in [6, 6.07) is 8.24. The van der Waals surface area contributed by atoms with Gasteiger partial charge in [-0.3, -0.25) is 4.98 Å². The van der Waals surface area contributed by atoms with Gasteiger partial charge >= 0.3 is 0 Å². The van der Waals surface area contributed by atoms with E-state index in [9.17, 15) is 0 Å². The molecule has 0 saturated carbocycles. The minimum Gasteiger partial charge on any atom is -0.302 e. The van der Waals surface area contributed by atoms with Gasteiger partial charge in [0.1, 0.15) is 0 Å². The summed E-state index contributed by atoms with van der Waals surface area (Å²) in [5.41, 5.74) is 4.30. The highest BCUT2D eigenvalue weighted by Gasteiger charge is 2.19. The van der Waals surface area contributed by atoms with Gasteiger partial charge in [0.25, 0.3) is 0 Å². The Morgan fingerprint density at radius 1 is 1.15 bits per heavy atom. The fraction of sp³-hybridized carbons (Fsp3) is 0.188. The molecule has 0 bridgehead atoms. The van der Waals surface area contributed by atoms with Gasteiger partial charge in [0.2, 0.25) is 0 Å². The van der Waals surface area contributed by atoms with E-state index < -0.39 is 0 Å². The first-order chi connectivity index (χ1) is 9.88. The summed E-state index contributed by atoms with van der Waals surface area (Å²) >= 11 is 0. The molecule has 0 amide bonds. The van der Waals surface area contributed by atoms with Gasteiger partial charge in [-0.1, -0.05) is 31.5 Å². The Morgan fingerprint density at radius 3 is 2.95 bits per heavy atom. The minimum absolute atomic E-state index is 0.822. The van der Waals surface area contributed by atoms with Gasteiger partial charge in [-0.05, 0) is 12.5 Å². The molecule has 0 atom stereocenters. The maximum absolute atomic E-state index is 4.66. The Kier molecular flexibility index (Phi) is 2.42. The molecule has 2 aliphatic heterocycles. The fourth-order valence-electron chi connectivity index (χ4n) is 2.81. The number of aromatic nitrogens is 4. The van der Waals surface area contributed by atoms with Crippen LogP contribution in [0.4, 0.5) is 0 Å². The topological polar surface area (TPSA) is 43.1 Å². The van der Waals surface area contributed by atoms with Crippen molar-refractivity contribution in [2.24, 2.45) is 0 Å². The number of hydrogen-bond donors (Lipinski definition) is 0. The van der Waals surface area contributed by atoms with Gasteiger partial charge in [-0.2, -0.15) is 0 Å². The average Bonchev–Trinajstić information content (AvgIpc) is 2.85. The fourth-order valence-corrected chi connectivity index (χ4v) is 2.81. The molecule has 1 aromatic carbocycles. The first-order valence-electron chi connectivity index (χ1n) is 6.88. The largest absolute Gasteiger partial charge is 0.302 e. The molecule has 4 nitrogen and oxygen atoms in total. The van der Waals surface area contributed by atoms with E-state index in [1.165, 1.54) is 16.6 Å². The average molecular weight is 262 g/mol. The number of rotatable bonds is 2. The molecule has 4 heteroatoms. The molecule has 1 aromatic heterocycles. The molecule has 20 heavy (non-hydrogen) atoms. The van der Waals surface area contributed by atoms with E-state index in [0.717, 1.165) is 29.8 Å². The standard InChI is InChI=1S/C16H14N4/c1-2-5-13-15-11-6-3-4-7-12(11)18-16(15)19-14-10-17-8-9-20(13)14/h3-4,6-10H,2,5H2,1H3. The van der Waals surface area contributed by atoms with Crippen LogP contribution in [0.2, 0.25) is 0 Å². The van der Waals surface area contributed by atoms with E-state index in [1.54, 1.807) is 12.4 Å². The number of aryl methyl sites for hydroxylation is 1. The lowest BCUT2D eigenvalue weighted by Gasteiger charge is -2.12. The summed E-state index contributed by atoms with van der Waals surface area (Å²) in [6.07, 6.45) is 7.66. The van der Waals surface area contributed by atoms with E-state index in [1.807, 2.05) is 18.3 Å². The molecule has 0 spiro atoms. The second-order valence-corrected chi connectivity index (χ2v) is 4.94. The number of nitrogens with zero attached hydrogens (tertiary/aromatic N) is 4. The van der Waals surface area contributed by atoms with Crippen molar-refractivity contribution >= 4 is 16.6 Å². The molecule has 0 unspecified atom stereocenters.